The zero-order valence-electron chi connectivity index (χ0n) is 61.3. The second-order valence-electron chi connectivity index (χ2n) is 28.5. The van der Waals surface area contributed by atoms with Gasteiger partial charge in [-0.05, 0) is 51.4 Å². The molecule has 17 unspecified atom stereocenters. The van der Waals surface area contributed by atoms with Crippen LogP contribution in [0.25, 0.3) is 0 Å². The minimum absolute atomic E-state index is 0.237. The number of hydrogen-bond acceptors (Lipinski definition) is 18. The fourth-order valence-electron chi connectivity index (χ4n) is 13.5. The van der Waals surface area contributed by atoms with Crippen molar-refractivity contribution < 1.29 is 89.4 Å². The van der Waals surface area contributed by atoms with E-state index in [0.29, 0.717) is 12.8 Å². The minimum Gasteiger partial charge on any atom is -0.394 e. The van der Waals surface area contributed by atoms with E-state index in [1.807, 2.05) is 0 Å². The highest BCUT2D eigenvalue weighted by atomic mass is 16.8. The molecule has 98 heavy (non-hydrogen) atoms. The first-order valence-corrected chi connectivity index (χ1v) is 39.9. The van der Waals surface area contributed by atoms with E-state index in [2.05, 4.69) is 67.8 Å². The predicted octanol–water partition coefficient (Wildman–Crippen LogP) is 12.9. The van der Waals surface area contributed by atoms with Crippen LogP contribution < -0.4 is 5.32 Å². The average molecular weight is 1400 g/mol. The van der Waals surface area contributed by atoms with E-state index in [0.717, 1.165) is 70.6 Å². The number of unbranched alkanes of at least 4 members (excludes halogenated alkanes) is 39. The molecule has 0 radical (unpaired) electrons. The van der Waals surface area contributed by atoms with Gasteiger partial charge in [0.1, 0.15) is 73.2 Å². The molecule has 3 aliphatic rings. The molecule has 3 fully saturated rings. The topological polar surface area (TPSA) is 307 Å². The van der Waals surface area contributed by atoms with Crippen LogP contribution in [0.2, 0.25) is 0 Å². The molecule has 1 amide bonds. The molecule has 0 spiro atoms. The molecule has 0 aliphatic carbocycles. The van der Waals surface area contributed by atoms with E-state index in [1.54, 1.807) is 0 Å². The Kier molecular flexibility index (Phi) is 55.1. The number of ether oxygens (including phenoxy) is 6. The highest BCUT2D eigenvalue weighted by Gasteiger charge is 2.54. The Labute approximate surface area is 593 Å². The number of allylic oxidation sites excluding steroid dienone is 8. The number of aliphatic hydroxyl groups is 11. The molecule has 3 aliphatic heterocycles. The first-order chi connectivity index (χ1) is 47.8. The lowest BCUT2D eigenvalue weighted by Gasteiger charge is -2.48. The maximum absolute atomic E-state index is 13.5. The van der Waals surface area contributed by atoms with E-state index in [1.165, 1.54) is 212 Å². The zero-order valence-corrected chi connectivity index (χ0v) is 61.3. The van der Waals surface area contributed by atoms with Crippen LogP contribution in [0, 0.1) is 0 Å². The molecule has 12 N–H and O–H groups in total. The van der Waals surface area contributed by atoms with E-state index < -0.39 is 124 Å². The quantitative estimate of drug-likeness (QED) is 0.0199. The molecule has 0 aromatic rings. The van der Waals surface area contributed by atoms with Crippen molar-refractivity contribution in [3.05, 3.63) is 48.6 Å². The lowest BCUT2D eigenvalue weighted by molar-refractivity contribution is -0.379. The highest BCUT2D eigenvalue weighted by molar-refractivity contribution is 5.76. The summed E-state index contributed by atoms with van der Waals surface area (Å²) in [5.74, 6) is -0.237. The predicted molar refractivity (Wildman–Crippen MR) is 388 cm³/mol. The molecule has 0 saturated carbocycles. The lowest BCUT2D eigenvalue weighted by Crippen LogP contribution is -2.66. The Morgan fingerprint density at radius 1 is 0.378 bits per heavy atom. The summed E-state index contributed by atoms with van der Waals surface area (Å²) in [5.41, 5.74) is 0. The Morgan fingerprint density at radius 3 is 1.10 bits per heavy atom. The monoisotopic (exact) mass is 1400 g/mol. The van der Waals surface area contributed by atoms with Gasteiger partial charge in [0.05, 0.1) is 38.6 Å². The third kappa shape index (κ3) is 40.1. The Balaban J connectivity index is 1.33. The number of hydrogen-bond donors (Lipinski definition) is 12. The van der Waals surface area contributed by atoms with Crippen LogP contribution in [0.1, 0.15) is 316 Å². The standard InChI is InChI=1S/C79H145NO18/c1-3-5-7-9-11-13-15-17-19-21-23-24-25-26-27-28-29-30-31-32-33-34-35-36-37-38-39-41-43-45-47-49-51-53-55-57-67(85)80-62(63(84)56-54-52-50-48-46-44-42-40-22-20-18-16-14-12-10-8-6-4-2)61-93-77-73(91)70(88)75(65(59-82)95-77)98-79-74(92)71(89)76(66(60-83)96-79)97-78-72(90)69(87)68(86)64(58-81)94-78/h5,7,11,13,17,19,23-24,62-66,68-79,81-84,86-92H,3-4,6,8-10,12,14-16,18,20-22,25-61H2,1-2H3,(H,80,85)/b7-5-,13-11-,19-17-,24-23-. The average Bonchev–Trinajstić information content (AvgIpc) is 0.785. The maximum Gasteiger partial charge on any atom is 0.220 e. The van der Waals surface area contributed by atoms with Gasteiger partial charge in [0.25, 0.3) is 0 Å². The summed E-state index contributed by atoms with van der Waals surface area (Å²) in [6.45, 7) is 1.73. The van der Waals surface area contributed by atoms with E-state index in [9.17, 15) is 61.0 Å². The molecule has 0 aromatic carbocycles. The van der Waals surface area contributed by atoms with Gasteiger partial charge in [-0.15, -0.1) is 0 Å². The van der Waals surface area contributed by atoms with Crippen molar-refractivity contribution in [3.8, 4) is 0 Å². The van der Waals surface area contributed by atoms with Gasteiger partial charge in [0.15, 0.2) is 18.9 Å². The summed E-state index contributed by atoms with van der Waals surface area (Å²) in [6, 6.07) is -0.887. The smallest absolute Gasteiger partial charge is 0.220 e. The van der Waals surface area contributed by atoms with Crippen LogP contribution in [0.5, 0.6) is 0 Å². The SMILES string of the molecule is CC/C=C\C/C=C\C/C=C\C/C=C\CCCCCCCCCCCCCCCCCCCCCCCCC(=O)NC(COC1OC(CO)C(OC2OC(CO)C(OC3OC(CO)C(O)C(O)C3O)C(O)C2O)C(O)C1O)C(O)CCCCCCCCCCCCCCCCCCCC. The molecule has 0 aromatic heterocycles. The summed E-state index contributed by atoms with van der Waals surface area (Å²) in [4.78, 5) is 13.5. The lowest BCUT2D eigenvalue weighted by atomic mass is 9.96. The zero-order chi connectivity index (χ0) is 71.1. The molecule has 574 valence electrons. The van der Waals surface area contributed by atoms with Gasteiger partial charge >= 0.3 is 0 Å². The Bertz CT molecular complexity index is 1960. The van der Waals surface area contributed by atoms with E-state index in [-0.39, 0.29) is 18.9 Å². The summed E-state index contributed by atoms with van der Waals surface area (Å²) in [7, 11) is 0. The van der Waals surface area contributed by atoms with Crippen molar-refractivity contribution >= 4 is 5.91 Å². The van der Waals surface area contributed by atoms with Crippen LogP contribution in [0.3, 0.4) is 0 Å². The normalized spacial score (nSPS) is 27.0. The van der Waals surface area contributed by atoms with Crippen LogP contribution >= 0.6 is 0 Å². The van der Waals surface area contributed by atoms with Crippen molar-refractivity contribution in [2.75, 3.05) is 26.4 Å². The van der Waals surface area contributed by atoms with Gasteiger partial charge in [-0.3, -0.25) is 4.79 Å². The molecule has 19 heteroatoms. The Morgan fingerprint density at radius 2 is 0.704 bits per heavy atom. The van der Waals surface area contributed by atoms with Crippen LogP contribution in [0.4, 0.5) is 0 Å². The van der Waals surface area contributed by atoms with Crippen molar-refractivity contribution in [1.29, 1.82) is 0 Å². The molecule has 3 saturated heterocycles. The number of nitrogens with one attached hydrogen (secondary N) is 1. The third-order valence-corrected chi connectivity index (χ3v) is 19.9. The van der Waals surface area contributed by atoms with Gasteiger partial charge in [-0.2, -0.15) is 0 Å². The van der Waals surface area contributed by atoms with Crippen LogP contribution in [0.15, 0.2) is 48.6 Å². The second kappa shape index (κ2) is 60.1. The summed E-state index contributed by atoms with van der Waals surface area (Å²) in [6.07, 6.45) is 47.8. The number of carbonyl (C=O) groups is 1. The van der Waals surface area contributed by atoms with Crippen molar-refractivity contribution in [1.82, 2.24) is 5.32 Å². The fourth-order valence-corrected chi connectivity index (χ4v) is 13.5. The summed E-state index contributed by atoms with van der Waals surface area (Å²) in [5, 5.41) is 121. The molecular weight excluding hydrogens is 1250 g/mol. The van der Waals surface area contributed by atoms with Gasteiger partial charge in [0, 0.05) is 6.42 Å². The number of amides is 1. The number of aliphatic hydroxyl groups excluding tert-OH is 11. The van der Waals surface area contributed by atoms with Crippen molar-refractivity contribution in [3.63, 3.8) is 0 Å². The number of rotatable bonds is 63. The maximum atomic E-state index is 13.5. The highest BCUT2D eigenvalue weighted by Crippen LogP contribution is 2.33. The van der Waals surface area contributed by atoms with Crippen molar-refractivity contribution in [2.45, 2.75) is 420 Å². The van der Waals surface area contributed by atoms with Crippen molar-refractivity contribution in [2.24, 2.45) is 0 Å². The van der Waals surface area contributed by atoms with Crippen LogP contribution in [-0.4, -0.2) is 193 Å². The molecule has 17 atom stereocenters. The molecular formula is C79H145NO18. The molecule has 3 heterocycles. The fraction of sp³-hybridized carbons (Fsp3) is 0.886. The van der Waals surface area contributed by atoms with E-state index >= 15 is 0 Å². The first-order valence-electron chi connectivity index (χ1n) is 39.9. The van der Waals surface area contributed by atoms with Gasteiger partial charge in [0.2, 0.25) is 5.91 Å². The first kappa shape index (κ1) is 90.0. The Hall–Kier alpha value is -2.25. The third-order valence-electron chi connectivity index (χ3n) is 19.9. The minimum atomic E-state index is -1.97. The van der Waals surface area contributed by atoms with Gasteiger partial charge < -0.3 is 89.9 Å². The second-order valence-corrected chi connectivity index (χ2v) is 28.5. The van der Waals surface area contributed by atoms with E-state index in [4.69, 9.17) is 28.4 Å². The number of carbonyl (C=O) groups excluding carboxylic acids is 1. The largest absolute Gasteiger partial charge is 0.394 e. The van der Waals surface area contributed by atoms with Crippen LogP contribution in [-0.2, 0) is 33.2 Å². The van der Waals surface area contributed by atoms with Gasteiger partial charge in [-0.1, -0.05) is 306 Å². The summed E-state index contributed by atoms with van der Waals surface area (Å²) >= 11 is 0. The molecule has 19 nitrogen and oxygen atoms in total. The molecule has 3 rings (SSSR count). The molecule has 0 bridgehead atoms. The van der Waals surface area contributed by atoms with Gasteiger partial charge in [-0.25, -0.2) is 0 Å². The summed E-state index contributed by atoms with van der Waals surface area (Å²) < 4.78 is 34.5.